The Morgan fingerprint density at radius 2 is 1.68 bits per heavy atom. The van der Waals surface area contributed by atoms with E-state index in [4.69, 9.17) is 0 Å². The van der Waals surface area contributed by atoms with E-state index in [-0.39, 0.29) is 6.03 Å². The Kier molecular flexibility index (Phi) is 5.74. The van der Waals surface area contributed by atoms with E-state index in [2.05, 4.69) is 26.1 Å². The van der Waals surface area contributed by atoms with E-state index in [0.29, 0.717) is 11.5 Å². The second-order valence-electron chi connectivity index (χ2n) is 6.72. The fourth-order valence-corrected chi connectivity index (χ4v) is 2.62. The van der Waals surface area contributed by atoms with Crippen molar-refractivity contribution in [2.45, 2.75) is 13.8 Å². The van der Waals surface area contributed by atoms with Crippen LogP contribution in [-0.2, 0) is 0 Å². The lowest BCUT2D eigenvalue weighted by molar-refractivity contribution is 0.262. The largest absolute Gasteiger partial charge is 0.376 e. The number of urea groups is 1. The molecule has 0 unspecified atom stereocenters. The van der Waals surface area contributed by atoms with Gasteiger partial charge < -0.3 is 20.9 Å². The maximum Gasteiger partial charge on any atom is 0.323 e. The van der Waals surface area contributed by atoms with E-state index in [0.717, 1.165) is 28.2 Å². The second-order valence-corrected chi connectivity index (χ2v) is 6.72. The van der Waals surface area contributed by atoms with Crippen LogP contribution in [0.3, 0.4) is 0 Å². The summed E-state index contributed by atoms with van der Waals surface area (Å²) in [7, 11) is 3.90. The van der Waals surface area contributed by atoms with Gasteiger partial charge in [-0.05, 0) is 55.3 Å². The summed E-state index contributed by atoms with van der Waals surface area (Å²) < 4.78 is 0. The summed E-state index contributed by atoms with van der Waals surface area (Å²) >= 11 is 0. The van der Waals surface area contributed by atoms with E-state index >= 15 is 0 Å². The third kappa shape index (κ3) is 4.76. The first-order valence-corrected chi connectivity index (χ1v) is 8.94. The number of aromatic nitrogens is 2. The Labute approximate surface area is 164 Å². The molecule has 0 spiro atoms. The standard InChI is InChI=1S/C21H24N6O/c1-14-6-5-7-19(15(14)2)25-21(28)24-17-10-8-16(9-11-17)23-20-12-18(27(3)4)13-22-26-20/h5-13H,1-4H3,(H,23,26)(H2,24,25,28). The van der Waals surface area contributed by atoms with Crippen molar-refractivity contribution in [2.24, 2.45) is 0 Å². The molecule has 3 aromatic rings. The first-order valence-electron chi connectivity index (χ1n) is 8.94. The number of carbonyl (C=O) groups excluding carboxylic acids is 1. The second kappa shape index (κ2) is 8.39. The summed E-state index contributed by atoms with van der Waals surface area (Å²) in [5.74, 6) is 0.652. The number of nitrogens with zero attached hydrogens (tertiary/aromatic N) is 3. The van der Waals surface area contributed by atoms with Crippen molar-refractivity contribution in [3.05, 3.63) is 65.9 Å². The fourth-order valence-electron chi connectivity index (χ4n) is 2.62. The number of benzene rings is 2. The van der Waals surface area contributed by atoms with Gasteiger partial charge >= 0.3 is 6.03 Å². The van der Waals surface area contributed by atoms with Crippen LogP contribution < -0.4 is 20.9 Å². The Bertz CT molecular complexity index is 969. The van der Waals surface area contributed by atoms with Gasteiger partial charge in [0.05, 0.1) is 11.9 Å². The molecule has 2 aromatic carbocycles. The van der Waals surface area contributed by atoms with Crippen LogP contribution in [0.25, 0.3) is 0 Å². The molecule has 3 N–H and O–H groups in total. The van der Waals surface area contributed by atoms with E-state index in [9.17, 15) is 4.79 Å². The van der Waals surface area contributed by atoms with Crippen LogP contribution >= 0.6 is 0 Å². The number of anilines is 5. The average molecular weight is 376 g/mol. The lowest BCUT2D eigenvalue weighted by atomic mass is 10.1. The van der Waals surface area contributed by atoms with Gasteiger partial charge in [0.1, 0.15) is 0 Å². The SMILES string of the molecule is Cc1cccc(NC(=O)Nc2ccc(Nc3cc(N(C)C)cnn3)cc2)c1C. The van der Waals surface area contributed by atoms with Gasteiger partial charge in [-0.2, -0.15) is 5.10 Å². The Balaban J connectivity index is 1.62. The van der Waals surface area contributed by atoms with Crippen molar-refractivity contribution in [1.29, 1.82) is 0 Å². The zero-order valence-corrected chi connectivity index (χ0v) is 16.4. The van der Waals surface area contributed by atoms with Crippen molar-refractivity contribution in [3.8, 4) is 0 Å². The van der Waals surface area contributed by atoms with Gasteiger partial charge in [0.15, 0.2) is 5.82 Å². The fraction of sp³-hybridized carbons (Fsp3) is 0.190. The van der Waals surface area contributed by atoms with Gasteiger partial charge in [0.2, 0.25) is 0 Å². The van der Waals surface area contributed by atoms with Gasteiger partial charge in [-0.15, -0.1) is 5.10 Å². The van der Waals surface area contributed by atoms with E-state index in [1.54, 1.807) is 6.20 Å². The zero-order valence-electron chi connectivity index (χ0n) is 16.4. The number of aryl methyl sites for hydroxylation is 1. The highest BCUT2D eigenvalue weighted by molar-refractivity contribution is 6.00. The summed E-state index contributed by atoms with van der Waals surface area (Å²) in [4.78, 5) is 14.2. The van der Waals surface area contributed by atoms with Crippen molar-refractivity contribution in [3.63, 3.8) is 0 Å². The van der Waals surface area contributed by atoms with Gasteiger partial charge in [-0.3, -0.25) is 0 Å². The van der Waals surface area contributed by atoms with Crippen molar-refractivity contribution < 1.29 is 4.79 Å². The summed E-state index contributed by atoms with van der Waals surface area (Å²) in [6.45, 7) is 4.00. The number of hydrogen-bond donors (Lipinski definition) is 3. The van der Waals surface area contributed by atoms with Crippen LogP contribution in [-0.4, -0.2) is 30.3 Å². The summed E-state index contributed by atoms with van der Waals surface area (Å²) in [5.41, 5.74) is 5.49. The van der Waals surface area contributed by atoms with Crippen LogP contribution in [0.5, 0.6) is 0 Å². The molecule has 0 aliphatic rings. The highest BCUT2D eigenvalue weighted by Crippen LogP contribution is 2.21. The molecular formula is C21H24N6O. The Hall–Kier alpha value is -3.61. The molecule has 144 valence electrons. The zero-order chi connectivity index (χ0) is 20.1. The predicted molar refractivity (Wildman–Crippen MR) is 115 cm³/mol. The van der Waals surface area contributed by atoms with Crippen LogP contribution in [0, 0.1) is 13.8 Å². The number of nitrogens with one attached hydrogen (secondary N) is 3. The molecule has 3 rings (SSSR count). The number of carbonyl (C=O) groups is 1. The number of amides is 2. The molecule has 0 saturated carbocycles. The van der Waals surface area contributed by atoms with Crippen molar-refractivity contribution in [1.82, 2.24) is 10.2 Å². The molecule has 0 aliphatic carbocycles. The quantitative estimate of drug-likeness (QED) is 0.609. The molecule has 2 amide bonds. The molecular weight excluding hydrogens is 352 g/mol. The molecule has 7 nitrogen and oxygen atoms in total. The Morgan fingerprint density at radius 1 is 0.964 bits per heavy atom. The molecule has 0 atom stereocenters. The summed E-state index contributed by atoms with van der Waals surface area (Å²) in [5, 5.41) is 17.0. The molecule has 0 aliphatic heterocycles. The lowest BCUT2D eigenvalue weighted by Crippen LogP contribution is -2.20. The predicted octanol–water partition coefficient (Wildman–Crippen LogP) is 4.55. The van der Waals surface area contributed by atoms with Crippen molar-refractivity contribution in [2.75, 3.05) is 34.9 Å². The molecule has 7 heteroatoms. The minimum absolute atomic E-state index is 0.279. The van der Waals surface area contributed by atoms with E-state index < -0.39 is 0 Å². The monoisotopic (exact) mass is 376 g/mol. The third-order valence-corrected chi connectivity index (χ3v) is 4.42. The smallest absolute Gasteiger partial charge is 0.323 e. The maximum atomic E-state index is 12.3. The maximum absolute atomic E-state index is 12.3. The lowest BCUT2D eigenvalue weighted by Gasteiger charge is -2.13. The van der Waals surface area contributed by atoms with Gasteiger partial charge in [-0.25, -0.2) is 4.79 Å². The minimum atomic E-state index is -0.279. The van der Waals surface area contributed by atoms with E-state index in [1.165, 1.54) is 0 Å². The highest BCUT2D eigenvalue weighted by atomic mass is 16.2. The third-order valence-electron chi connectivity index (χ3n) is 4.42. The first-order chi connectivity index (χ1) is 13.4. The van der Waals surface area contributed by atoms with Gasteiger partial charge in [0, 0.05) is 37.2 Å². The topological polar surface area (TPSA) is 82.2 Å². The molecule has 1 aromatic heterocycles. The van der Waals surface area contributed by atoms with Crippen LogP contribution in [0.2, 0.25) is 0 Å². The van der Waals surface area contributed by atoms with Crippen molar-refractivity contribution >= 4 is 34.6 Å². The number of hydrogen-bond acceptors (Lipinski definition) is 5. The average Bonchev–Trinajstić information content (AvgIpc) is 2.67. The normalized spacial score (nSPS) is 10.3. The Morgan fingerprint density at radius 3 is 2.39 bits per heavy atom. The molecule has 0 fully saturated rings. The summed E-state index contributed by atoms with van der Waals surface area (Å²) in [6, 6.07) is 14.9. The van der Waals surface area contributed by atoms with Crippen LogP contribution in [0.1, 0.15) is 11.1 Å². The van der Waals surface area contributed by atoms with E-state index in [1.807, 2.05) is 81.4 Å². The molecule has 0 bridgehead atoms. The first kappa shape index (κ1) is 19.2. The van der Waals surface area contributed by atoms with Gasteiger partial charge in [-0.1, -0.05) is 12.1 Å². The molecule has 28 heavy (non-hydrogen) atoms. The molecule has 1 heterocycles. The highest BCUT2D eigenvalue weighted by Gasteiger charge is 2.07. The van der Waals surface area contributed by atoms with Crippen LogP contribution in [0.15, 0.2) is 54.7 Å². The van der Waals surface area contributed by atoms with Crippen LogP contribution in [0.4, 0.5) is 33.4 Å². The van der Waals surface area contributed by atoms with Gasteiger partial charge in [0.25, 0.3) is 0 Å². The molecule has 0 saturated heterocycles. The minimum Gasteiger partial charge on any atom is -0.376 e. The number of rotatable bonds is 5. The molecule has 0 radical (unpaired) electrons. The summed E-state index contributed by atoms with van der Waals surface area (Å²) in [6.07, 6.45) is 1.70.